The van der Waals surface area contributed by atoms with Gasteiger partial charge in [-0.1, -0.05) is 0 Å². The molecule has 6 nitrogen and oxygen atoms in total. The van der Waals surface area contributed by atoms with Crippen LogP contribution in [0.25, 0.3) is 0 Å². The fourth-order valence-corrected chi connectivity index (χ4v) is 1.63. The summed E-state index contributed by atoms with van der Waals surface area (Å²) in [6, 6.07) is 0.721. The van der Waals surface area contributed by atoms with Crippen LogP contribution in [0.5, 0.6) is 11.5 Å². The highest BCUT2D eigenvalue weighted by molar-refractivity contribution is 5.54. The van der Waals surface area contributed by atoms with E-state index in [0.29, 0.717) is 0 Å². The Hall–Kier alpha value is -2.03. The van der Waals surface area contributed by atoms with Crippen LogP contribution in [-0.4, -0.2) is 23.3 Å². The largest absolute Gasteiger partial charge is 0.504 e. The minimum Gasteiger partial charge on any atom is -0.504 e. The van der Waals surface area contributed by atoms with Crippen molar-refractivity contribution in [1.29, 1.82) is 0 Å². The number of ether oxygens (including phenoxy) is 1. The van der Waals surface area contributed by atoms with Gasteiger partial charge in [0.05, 0.1) is 18.1 Å². The second-order valence-corrected chi connectivity index (χ2v) is 4.10. The zero-order chi connectivity index (χ0) is 15.5. The Bertz CT molecular complexity index is 505. The monoisotopic (exact) mass is 294 g/mol. The number of rotatable bonds is 5. The summed E-state index contributed by atoms with van der Waals surface area (Å²) in [5, 5.41) is 20.5. The van der Waals surface area contributed by atoms with Gasteiger partial charge in [0.15, 0.2) is 11.5 Å². The van der Waals surface area contributed by atoms with E-state index < -0.39 is 41.4 Å². The van der Waals surface area contributed by atoms with Gasteiger partial charge in [-0.3, -0.25) is 10.1 Å². The lowest BCUT2D eigenvalue weighted by Crippen LogP contribution is -2.16. The van der Waals surface area contributed by atoms with Crippen LogP contribution in [0, 0.1) is 10.1 Å². The maximum absolute atomic E-state index is 12.1. The zero-order valence-corrected chi connectivity index (χ0v) is 10.5. The van der Waals surface area contributed by atoms with E-state index in [1.807, 2.05) is 0 Å². The molecule has 1 atom stereocenters. The second-order valence-electron chi connectivity index (χ2n) is 4.10. The molecule has 0 spiro atoms. The van der Waals surface area contributed by atoms with Crippen molar-refractivity contribution in [2.45, 2.75) is 25.1 Å². The van der Waals surface area contributed by atoms with Crippen LogP contribution in [0.4, 0.5) is 18.9 Å². The third-order valence-corrected chi connectivity index (χ3v) is 2.66. The molecule has 0 aliphatic heterocycles. The average molecular weight is 294 g/mol. The first kappa shape index (κ1) is 16.0. The van der Waals surface area contributed by atoms with E-state index in [9.17, 15) is 28.4 Å². The van der Waals surface area contributed by atoms with Crippen molar-refractivity contribution in [2.24, 2.45) is 5.73 Å². The van der Waals surface area contributed by atoms with Crippen molar-refractivity contribution in [2.75, 3.05) is 7.11 Å². The number of non-ortho nitro benzene ring substituents is 1. The van der Waals surface area contributed by atoms with Crippen molar-refractivity contribution >= 4 is 5.69 Å². The van der Waals surface area contributed by atoms with Gasteiger partial charge in [-0.15, -0.1) is 0 Å². The molecule has 20 heavy (non-hydrogen) atoms. The van der Waals surface area contributed by atoms with Gasteiger partial charge >= 0.3 is 6.18 Å². The van der Waals surface area contributed by atoms with Gasteiger partial charge in [0.1, 0.15) is 0 Å². The Balaban J connectivity index is 3.09. The molecule has 0 aromatic heterocycles. The normalized spacial score (nSPS) is 13.1. The molecule has 0 saturated heterocycles. The summed E-state index contributed by atoms with van der Waals surface area (Å²) in [5.74, 6) is -0.704. The van der Waals surface area contributed by atoms with Crippen molar-refractivity contribution in [1.82, 2.24) is 0 Å². The second kappa shape index (κ2) is 5.95. The Kier molecular flexibility index (Phi) is 4.77. The lowest BCUT2D eigenvalue weighted by atomic mass is 10.0. The maximum atomic E-state index is 12.1. The van der Waals surface area contributed by atoms with Crippen molar-refractivity contribution in [3.8, 4) is 11.5 Å². The molecule has 1 aromatic carbocycles. The number of halogens is 3. The summed E-state index contributed by atoms with van der Waals surface area (Å²) in [4.78, 5) is 9.97. The first-order valence-electron chi connectivity index (χ1n) is 5.53. The summed E-state index contributed by atoms with van der Waals surface area (Å²) in [6.07, 6.45) is -6.04. The number of nitro benzene ring substituents is 1. The molecule has 0 heterocycles. The highest BCUT2D eigenvalue weighted by Gasteiger charge is 2.29. The summed E-state index contributed by atoms with van der Waals surface area (Å²) < 4.78 is 41.1. The topological polar surface area (TPSA) is 98.6 Å². The van der Waals surface area contributed by atoms with E-state index in [4.69, 9.17) is 10.5 Å². The molecule has 0 aliphatic carbocycles. The van der Waals surface area contributed by atoms with E-state index >= 15 is 0 Å². The maximum Gasteiger partial charge on any atom is 0.389 e. The van der Waals surface area contributed by atoms with Gasteiger partial charge in [0, 0.05) is 24.1 Å². The lowest BCUT2D eigenvalue weighted by Gasteiger charge is -2.16. The Morgan fingerprint density at radius 2 is 2.10 bits per heavy atom. The van der Waals surface area contributed by atoms with E-state index in [-0.39, 0.29) is 11.3 Å². The number of nitrogens with zero attached hydrogens (tertiary/aromatic N) is 1. The van der Waals surface area contributed by atoms with Gasteiger partial charge in [-0.05, 0) is 6.42 Å². The van der Waals surface area contributed by atoms with Crippen LogP contribution < -0.4 is 10.5 Å². The first-order chi connectivity index (χ1) is 9.15. The van der Waals surface area contributed by atoms with E-state index in [1.165, 1.54) is 7.11 Å². The van der Waals surface area contributed by atoms with Crippen molar-refractivity contribution in [3.63, 3.8) is 0 Å². The van der Waals surface area contributed by atoms with Crippen molar-refractivity contribution < 1.29 is 27.9 Å². The number of alkyl halides is 3. The van der Waals surface area contributed by atoms with Gasteiger partial charge in [0.2, 0.25) is 0 Å². The fraction of sp³-hybridized carbons (Fsp3) is 0.455. The molecule has 0 fully saturated rings. The van der Waals surface area contributed by atoms with E-state index in [1.54, 1.807) is 0 Å². The molecule has 1 aromatic rings. The molecule has 0 unspecified atom stereocenters. The molecule has 3 N–H and O–H groups in total. The molecule has 1 rings (SSSR count). The van der Waals surface area contributed by atoms with E-state index in [0.717, 1.165) is 12.1 Å². The number of benzene rings is 1. The molecule has 9 heteroatoms. The number of hydrogen-bond acceptors (Lipinski definition) is 5. The number of phenols is 1. The molecule has 0 aliphatic rings. The number of methoxy groups -OCH3 is 1. The van der Waals surface area contributed by atoms with Crippen LogP contribution in [0.1, 0.15) is 24.4 Å². The smallest absolute Gasteiger partial charge is 0.389 e. The minimum absolute atomic E-state index is 0.152. The molecule has 112 valence electrons. The number of nitrogens with two attached hydrogens (primary N) is 1. The summed E-state index contributed by atoms with van der Waals surface area (Å²) in [5.41, 5.74) is 4.99. The van der Waals surface area contributed by atoms with Crippen LogP contribution in [0.15, 0.2) is 12.1 Å². The first-order valence-corrected chi connectivity index (χ1v) is 5.53. The van der Waals surface area contributed by atoms with Gasteiger partial charge in [-0.2, -0.15) is 13.2 Å². The van der Waals surface area contributed by atoms with Gasteiger partial charge < -0.3 is 15.6 Å². The van der Waals surface area contributed by atoms with Crippen LogP contribution in [-0.2, 0) is 0 Å². The van der Waals surface area contributed by atoms with Crippen LogP contribution >= 0.6 is 0 Å². The van der Waals surface area contributed by atoms with Crippen LogP contribution in [0.3, 0.4) is 0 Å². The Labute approximate surface area is 112 Å². The third kappa shape index (κ3) is 3.98. The Morgan fingerprint density at radius 3 is 2.55 bits per heavy atom. The standard InChI is InChI=1S/C11H13F3N2O4/c1-20-9-5-6(16(18)19)4-7(10(9)17)8(15)2-3-11(12,13)14/h4-5,8,17H,2-3,15H2,1H3/t8-/m1/s1. The summed E-state index contributed by atoms with van der Waals surface area (Å²) in [7, 11) is 1.17. The quantitative estimate of drug-likeness (QED) is 0.642. The number of nitro groups is 1. The fourth-order valence-electron chi connectivity index (χ4n) is 1.63. The van der Waals surface area contributed by atoms with Crippen LogP contribution in [0.2, 0.25) is 0 Å². The molecular formula is C11H13F3N2O4. The lowest BCUT2D eigenvalue weighted by molar-refractivity contribution is -0.385. The predicted molar refractivity (Wildman–Crippen MR) is 63.5 cm³/mol. The minimum atomic E-state index is -4.39. The molecule has 0 radical (unpaired) electrons. The van der Waals surface area contributed by atoms with Gasteiger partial charge in [0.25, 0.3) is 5.69 Å². The molecule has 0 saturated carbocycles. The van der Waals surface area contributed by atoms with E-state index in [2.05, 4.69) is 0 Å². The third-order valence-electron chi connectivity index (χ3n) is 2.66. The summed E-state index contributed by atoms with van der Waals surface area (Å²) >= 11 is 0. The number of phenolic OH excluding ortho intramolecular Hbond substituents is 1. The molecule has 0 bridgehead atoms. The number of aromatic hydroxyl groups is 1. The Morgan fingerprint density at radius 1 is 1.50 bits per heavy atom. The highest BCUT2D eigenvalue weighted by Crippen LogP contribution is 2.39. The molecular weight excluding hydrogens is 281 g/mol. The molecule has 0 amide bonds. The zero-order valence-electron chi connectivity index (χ0n) is 10.5. The highest BCUT2D eigenvalue weighted by atomic mass is 19.4. The number of hydrogen-bond donors (Lipinski definition) is 2. The van der Waals surface area contributed by atoms with Gasteiger partial charge in [-0.25, -0.2) is 0 Å². The van der Waals surface area contributed by atoms with Crippen molar-refractivity contribution in [3.05, 3.63) is 27.8 Å². The SMILES string of the molecule is COc1cc([N+](=O)[O-])cc([C@H](N)CCC(F)(F)F)c1O. The average Bonchev–Trinajstić information content (AvgIpc) is 2.35. The predicted octanol–water partition coefficient (Wildman–Crippen LogP) is 2.65. The summed E-state index contributed by atoms with van der Waals surface area (Å²) in [6.45, 7) is 0.